The Morgan fingerprint density at radius 1 is 1.11 bits per heavy atom. The zero-order valence-corrected chi connectivity index (χ0v) is 10.2. The number of nitrogens with one attached hydrogen (secondary N) is 1. The average Bonchev–Trinajstić information content (AvgIpc) is 2.87. The third-order valence-electron chi connectivity index (χ3n) is 4.01. The molecular formula is C13H14F4N2. The van der Waals surface area contributed by atoms with Crippen molar-refractivity contribution in [3.63, 3.8) is 0 Å². The van der Waals surface area contributed by atoms with E-state index in [4.69, 9.17) is 0 Å². The van der Waals surface area contributed by atoms with E-state index in [1.807, 2.05) is 4.90 Å². The Morgan fingerprint density at radius 2 is 1.74 bits per heavy atom. The van der Waals surface area contributed by atoms with Crippen molar-refractivity contribution in [2.45, 2.75) is 6.18 Å². The fourth-order valence-electron chi connectivity index (χ4n) is 2.99. The number of alkyl halides is 3. The van der Waals surface area contributed by atoms with Crippen molar-refractivity contribution in [2.24, 2.45) is 11.8 Å². The predicted octanol–water partition coefficient (Wildman–Crippen LogP) is 2.50. The minimum atomic E-state index is -4.50. The van der Waals surface area contributed by atoms with Crippen LogP contribution in [0.5, 0.6) is 0 Å². The van der Waals surface area contributed by atoms with Crippen molar-refractivity contribution in [1.82, 2.24) is 5.32 Å². The molecule has 0 unspecified atom stereocenters. The number of hydrogen-bond donors (Lipinski definition) is 1. The summed E-state index contributed by atoms with van der Waals surface area (Å²) < 4.78 is 51.3. The molecule has 2 heterocycles. The van der Waals surface area contributed by atoms with E-state index in [2.05, 4.69) is 5.32 Å². The minimum Gasteiger partial charge on any atom is -0.368 e. The van der Waals surface area contributed by atoms with E-state index in [1.54, 1.807) is 0 Å². The summed E-state index contributed by atoms with van der Waals surface area (Å²) in [4.78, 5) is 1.85. The van der Waals surface area contributed by atoms with Crippen LogP contribution in [0.15, 0.2) is 18.2 Å². The topological polar surface area (TPSA) is 15.3 Å². The van der Waals surface area contributed by atoms with Crippen LogP contribution in [-0.2, 0) is 6.18 Å². The summed E-state index contributed by atoms with van der Waals surface area (Å²) in [6.07, 6.45) is -4.50. The van der Waals surface area contributed by atoms with Gasteiger partial charge in [0.25, 0.3) is 0 Å². The highest BCUT2D eigenvalue weighted by atomic mass is 19.4. The van der Waals surface area contributed by atoms with Gasteiger partial charge in [-0.15, -0.1) is 0 Å². The van der Waals surface area contributed by atoms with E-state index >= 15 is 0 Å². The minimum absolute atomic E-state index is 0.280. The molecule has 1 aromatic rings. The first kappa shape index (κ1) is 12.7. The van der Waals surface area contributed by atoms with Gasteiger partial charge in [0.15, 0.2) is 0 Å². The normalized spacial score (nSPS) is 26.8. The third-order valence-corrected chi connectivity index (χ3v) is 4.01. The summed E-state index contributed by atoms with van der Waals surface area (Å²) in [5.74, 6) is 0.158. The number of benzene rings is 1. The maximum Gasteiger partial charge on any atom is 0.416 e. The molecule has 0 aromatic heterocycles. The second-order valence-corrected chi connectivity index (χ2v) is 5.25. The van der Waals surface area contributed by atoms with Crippen LogP contribution >= 0.6 is 0 Å². The molecule has 19 heavy (non-hydrogen) atoms. The molecule has 6 heteroatoms. The van der Waals surface area contributed by atoms with E-state index in [9.17, 15) is 17.6 Å². The number of rotatable bonds is 1. The molecule has 2 aliphatic heterocycles. The van der Waals surface area contributed by atoms with Crippen LogP contribution < -0.4 is 10.2 Å². The van der Waals surface area contributed by atoms with Crippen molar-refractivity contribution in [3.05, 3.63) is 29.6 Å². The highest BCUT2D eigenvalue weighted by Gasteiger charge is 2.37. The van der Waals surface area contributed by atoms with Crippen LogP contribution in [0, 0.1) is 17.7 Å². The fraction of sp³-hybridized carbons (Fsp3) is 0.538. The second-order valence-electron chi connectivity index (χ2n) is 5.25. The van der Waals surface area contributed by atoms with E-state index in [0.29, 0.717) is 31.0 Å². The van der Waals surface area contributed by atoms with Crippen molar-refractivity contribution in [3.8, 4) is 0 Å². The molecule has 0 amide bonds. The third kappa shape index (κ3) is 2.29. The van der Waals surface area contributed by atoms with Gasteiger partial charge in [0, 0.05) is 26.2 Å². The van der Waals surface area contributed by atoms with Crippen molar-refractivity contribution in [2.75, 3.05) is 31.1 Å². The van der Waals surface area contributed by atoms with Crippen LogP contribution in [0.4, 0.5) is 23.2 Å². The molecule has 2 fully saturated rings. The van der Waals surface area contributed by atoms with E-state index < -0.39 is 17.6 Å². The van der Waals surface area contributed by atoms with Crippen LogP contribution in [0.3, 0.4) is 0 Å². The predicted molar refractivity (Wildman–Crippen MR) is 63.5 cm³/mol. The standard InChI is InChI=1S/C13H14F4N2/c14-11-3-10(13(15,16)17)1-2-12(11)19-6-8-4-18-5-9(8)7-19/h1-3,8-9,18H,4-7H2/t8-,9+. The van der Waals surface area contributed by atoms with Gasteiger partial charge in [-0.3, -0.25) is 0 Å². The largest absolute Gasteiger partial charge is 0.416 e. The van der Waals surface area contributed by atoms with Gasteiger partial charge in [0.2, 0.25) is 0 Å². The summed E-state index contributed by atoms with van der Waals surface area (Å²) in [5, 5.41) is 3.27. The molecule has 1 aromatic carbocycles. The highest BCUT2D eigenvalue weighted by molar-refractivity contribution is 5.51. The molecule has 1 N–H and O–H groups in total. The zero-order chi connectivity index (χ0) is 13.6. The number of hydrogen-bond acceptors (Lipinski definition) is 2. The van der Waals surface area contributed by atoms with E-state index in [0.717, 1.165) is 19.2 Å². The van der Waals surface area contributed by atoms with Gasteiger partial charge in [0.05, 0.1) is 11.3 Å². The van der Waals surface area contributed by atoms with Gasteiger partial charge in [-0.2, -0.15) is 13.2 Å². The maximum absolute atomic E-state index is 13.9. The van der Waals surface area contributed by atoms with Crippen molar-refractivity contribution < 1.29 is 17.6 Å². The van der Waals surface area contributed by atoms with Gasteiger partial charge in [0.1, 0.15) is 5.82 Å². The van der Waals surface area contributed by atoms with Crippen LogP contribution in [0.25, 0.3) is 0 Å². The van der Waals surface area contributed by atoms with Gasteiger partial charge in [-0.1, -0.05) is 0 Å². The molecule has 2 saturated heterocycles. The summed E-state index contributed by atoms with van der Waals surface area (Å²) in [6.45, 7) is 3.23. The summed E-state index contributed by atoms with van der Waals surface area (Å²) in [7, 11) is 0. The lowest BCUT2D eigenvalue weighted by Gasteiger charge is -2.21. The molecule has 2 aliphatic rings. The van der Waals surface area contributed by atoms with Crippen LogP contribution in [0.1, 0.15) is 5.56 Å². The van der Waals surface area contributed by atoms with Crippen LogP contribution in [0.2, 0.25) is 0 Å². The Morgan fingerprint density at radius 3 is 2.26 bits per heavy atom. The first-order valence-electron chi connectivity index (χ1n) is 6.27. The average molecular weight is 274 g/mol. The number of fused-ring (bicyclic) bond motifs is 1. The Balaban J connectivity index is 1.82. The van der Waals surface area contributed by atoms with Gasteiger partial charge < -0.3 is 10.2 Å². The second kappa shape index (κ2) is 4.37. The summed E-state index contributed by atoms with van der Waals surface area (Å²) in [5.41, 5.74) is -0.655. The first-order chi connectivity index (χ1) is 8.95. The van der Waals surface area contributed by atoms with E-state index in [1.165, 1.54) is 6.07 Å². The quantitative estimate of drug-likeness (QED) is 0.792. The Bertz CT molecular complexity index is 474. The van der Waals surface area contributed by atoms with Crippen molar-refractivity contribution >= 4 is 5.69 Å². The lowest BCUT2D eigenvalue weighted by molar-refractivity contribution is -0.137. The SMILES string of the molecule is Fc1cc(C(F)(F)F)ccc1N1C[C@H]2CNC[C@H]2C1. The number of halogens is 4. The first-order valence-corrected chi connectivity index (χ1v) is 6.27. The van der Waals surface area contributed by atoms with Gasteiger partial charge in [-0.05, 0) is 30.0 Å². The molecule has 0 aliphatic carbocycles. The monoisotopic (exact) mass is 274 g/mol. The lowest BCUT2D eigenvalue weighted by Crippen LogP contribution is -2.26. The number of nitrogens with zero attached hydrogens (tertiary/aromatic N) is 1. The molecule has 104 valence electrons. The molecule has 0 saturated carbocycles. The molecule has 2 nitrogen and oxygen atoms in total. The Labute approximate surface area is 108 Å². The van der Waals surface area contributed by atoms with Gasteiger partial charge >= 0.3 is 6.18 Å². The summed E-state index contributed by atoms with van der Waals surface area (Å²) in [6, 6.07) is 2.78. The lowest BCUT2D eigenvalue weighted by atomic mass is 10.0. The number of anilines is 1. The zero-order valence-electron chi connectivity index (χ0n) is 10.2. The molecule has 0 spiro atoms. The Kier molecular flexibility index (Phi) is 2.92. The highest BCUT2D eigenvalue weighted by Crippen LogP contribution is 2.35. The smallest absolute Gasteiger partial charge is 0.368 e. The van der Waals surface area contributed by atoms with Crippen molar-refractivity contribution in [1.29, 1.82) is 0 Å². The fourth-order valence-corrected chi connectivity index (χ4v) is 2.99. The molecule has 3 rings (SSSR count). The molecular weight excluding hydrogens is 260 g/mol. The molecule has 0 bridgehead atoms. The van der Waals surface area contributed by atoms with Crippen LogP contribution in [-0.4, -0.2) is 26.2 Å². The maximum atomic E-state index is 13.9. The Hall–Kier alpha value is -1.30. The molecule has 0 radical (unpaired) electrons. The molecule has 2 atom stereocenters. The summed E-state index contributed by atoms with van der Waals surface area (Å²) >= 11 is 0. The van der Waals surface area contributed by atoms with Gasteiger partial charge in [-0.25, -0.2) is 4.39 Å². The van der Waals surface area contributed by atoms with E-state index in [-0.39, 0.29) is 5.69 Å².